The maximum absolute atomic E-state index is 12.1. The summed E-state index contributed by atoms with van der Waals surface area (Å²) < 4.78 is 5.61. The quantitative estimate of drug-likeness (QED) is 0.885. The molecule has 0 bridgehead atoms. The van der Waals surface area contributed by atoms with Crippen molar-refractivity contribution in [1.82, 2.24) is 0 Å². The molecule has 5 heteroatoms. The van der Waals surface area contributed by atoms with Gasteiger partial charge >= 0.3 is 0 Å². The number of benzene rings is 2. The highest BCUT2D eigenvalue weighted by Gasteiger charge is 2.16. The van der Waals surface area contributed by atoms with Crippen LogP contribution in [0.4, 0.5) is 5.69 Å². The Morgan fingerprint density at radius 3 is 2.52 bits per heavy atom. The molecule has 0 spiro atoms. The van der Waals surface area contributed by atoms with Crippen molar-refractivity contribution in [2.45, 2.75) is 20.0 Å². The molecule has 0 heterocycles. The molecular weight excluding hydrogens is 309 g/mol. The summed E-state index contributed by atoms with van der Waals surface area (Å²) in [7, 11) is 0. The SMILES string of the molecule is Cc1cc(OC(C)C(=O)Nc2ccccc2Cl)ccc1Cl. The molecule has 0 aliphatic rings. The topological polar surface area (TPSA) is 38.3 Å². The first-order valence-corrected chi connectivity index (χ1v) is 7.21. The smallest absolute Gasteiger partial charge is 0.265 e. The Labute approximate surface area is 133 Å². The van der Waals surface area contributed by atoms with E-state index in [4.69, 9.17) is 27.9 Å². The molecule has 0 radical (unpaired) electrons. The maximum atomic E-state index is 12.1. The molecule has 2 aromatic carbocycles. The summed E-state index contributed by atoms with van der Waals surface area (Å²) in [6.07, 6.45) is -0.651. The summed E-state index contributed by atoms with van der Waals surface area (Å²) in [5.74, 6) is 0.328. The number of halogens is 2. The highest BCUT2D eigenvalue weighted by Crippen LogP contribution is 2.23. The summed E-state index contributed by atoms with van der Waals surface area (Å²) in [6, 6.07) is 12.3. The molecular formula is C16H15Cl2NO2. The molecule has 0 saturated carbocycles. The van der Waals surface area contributed by atoms with Crippen molar-refractivity contribution in [3.05, 3.63) is 58.1 Å². The van der Waals surface area contributed by atoms with Crippen LogP contribution in [0.3, 0.4) is 0 Å². The molecule has 1 amide bonds. The Bertz CT molecular complexity index is 658. The second kappa shape index (κ2) is 6.83. The second-order valence-electron chi connectivity index (χ2n) is 4.64. The summed E-state index contributed by atoms with van der Waals surface area (Å²) >= 11 is 12.0. The molecule has 21 heavy (non-hydrogen) atoms. The molecule has 2 rings (SSSR count). The van der Waals surface area contributed by atoms with E-state index in [2.05, 4.69) is 5.32 Å². The number of anilines is 1. The number of amides is 1. The number of carbonyl (C=O) groups excluding carboxylic acids is 1. The zero-order chi connectivity index (χ0) is 15.4. The van der Waals surface area contributed by atoms with Crippen LogP contribution in [0.15, 0.2) is 42.5 Å². The third-order valence-electron chi connectivity index (χ3n) is 2.94. The number of ether oxygens (including phenoxy) is 1. The number of rotatable bonds is 4. The second-order valence-corrected chi connectivity index (χ2v) is 5.45. The molecule has 1 N–H and O–H groups in total. The van der Waals surface area contributed by atoms with E-state index in [9.17, 15) is 4.79 Å². The van der Waals surface area contributed by atoms with Crippen LogP contribution in [-0.4, -0.2) is 12.0 Å². The normalized spacial score (nSPS) is 11.8. The van der Waals surface area contributed by atoms with Gasteiger partial charge in [0.15, 0.2) is 6.10 Å². The van der Waals surface area contributed by atoms with Crippen molar-refractivity contribution in [2.24, 2.45) is 0 Å². The van der Waals surface area contributed by atoms with Gasteiger partial charge in [0, 0.05) is 5.02 Å². The van der Waals surface area contributed by atoms with E-state index < -0.39 is 6.10 Å². The van der Waals surface area contributed by atoms with Gasteiger partial charge in [-0.2, -0.15) is 0 Å². The molecule has 0 aliphatic carbocycles. The highest BCUT2D eigenvalue weighted by atomic mass is 35.5. The predicted octanol–water partition coefficient (Wildman–Crippen LogP) is 4.71. The van der Waals surface area contributed by atoms with Gasteiger partial charge in [-0.25, -0.2) is 0 Å². The van der Waals surface area contributed by atoms with Crippen molar-refractivity contribution in [3.8, 4) is 5.75 Å². The van der Waals surface area contributed by atoms with E-state index >= 15 is 0 Å². The monoisotopic (exact) mass is 323 g/mol. The van der Waals surface area contributed by atoms with E-state index in [1.54, 1.807) is 49.4 Å². The molecule has 2 aromatic rings. The first-order chi connectivity index (χ1) is 9.97. The lowest BCUT2D eigenvalue weighted by Gasteiger charge is -2.16. The molecule has 0 aromatic heterocycles. The molecule has 110 valence electrons. The average molecular weight is 324 g/mol. The predicted molar refractivity (Wildman–Crippen MR) is 86.4 cm³/mol. The van der Waals surface area contributed by atoms with E-state index in [-0.39, 0.29) is 5.91 Å². The van der Waals surface area contributed by atoms with Crippen LogP contribution in [-0.2, 0) is 4.79 Å². The third-order valence-corrected chi connectivity index (χ3v) is 3.70. The lowest BCUT2D eigenvalue weighted by molar-refractivity contribution is -0.122. The number of hydrogen-bond acceptors (Lipinski definition) is 2. The fourth-order valence-electron chi connectivity index (χ4n) is 1.75. The minimum Gasteiger partial charge on any atom is -0.481 e. The van der Waals surface area contributed by atoms with Crippen LogP contribution in [0.2, 0.25) is 10.0 Å². The van der Waals surface area contributed by atoms with E-state index in [0.717, 1.165) is 5.56 Å². The Morgan fingerprint density at radius 2 is 1.86 bits per heavy atom. The highest BCUT2D eigenvalue weighted by molar-refractivity contribution is 6.33. The summed E-state index contributed by atoms with van der Waals surface area (Å²) in [5, 5.41) is 3.88. The van der Waals surface area contributed by atoms with Crippen molar-refractivity contribution in [2.75, 3.05) is 5.32 Å². The third kappa shape index (κ3) is 4.13. The van der Waals surface area contributed by atoms with Gasteiger partial charge in [-0.1, -0.05) is 35.3 Å². The Kier molecular flexibility index (Phi) is 5.10. The van der Waals surface area contributed by atoms with E-state index in [1.165, 1.54) is 0 Å². The number of carbonyl (C=O) groups is 1. The van der Waals surface area contributed by atoms with Crippen LogP contribution < -0.4 is 10.1 Å². The van der Waals surface area contributed by atoms with Gasteiger partial charge in [-0.3, -0.25) is 4.79 Å². The minimum absolute atomic E-state index is 0.268. The first-order valence-electron chi connectivity index (χ1n) is 6.45. The summed E-state index contributed by atoms with van der Waals surface area (Å²) in [5.41, 5.74) is 1.46. The van der Waals surface area contributed by atoms with Crippen LogP contribution >= 0.6 is 23.2 Å². The van der Waals surface area contributed by atoms with Gasteiger partial charge in [-0.05, 0) is 49.7 Å². The van der Waals surface area contributed by atoms with Crippen LogP contribution in [0.1, 0.15) is 12.5 Å². The van der Waals surface area contributed by atoms with Crippen LogP contribution in [0, 0.1) is 6.92 Å². The number of aryl methyl sites for hydroxylation is 1. The number of nitrogens with one attached hydrogen (secondary N) is 1. The Hall–Kier alpha value is -1.71. The van der Waals surface area contributed by atoms with Crippen molar-refractivity contribution in [1.29, 1.82) is 0 Å². The molecule has 3 nitrogen and oxygen atoms in total. The van der Waals surface area contributed by atoms with Crippen molar-refractivity contribution in [3.63, 3.8) is 0 Å². The standard InChI is InChI=1S/C16H15Cl2NO2/c1-10-9-12(7-8-13(10)17)21-11(2)16(20)19-15-6-4-3-5-14(15)18/h3-9,11H,1-2H3,(H,19,20). The lowest BCUT2D eigenvalue weighted by Crippen LogP contribution is -2.30. The Morgan fingerprint density at radius 1 is 1.14 bits per heavy atom. The fraction of sp³-hybridized carbons (Fsp3) is 0.188. The van der Waals surface area contributed by atoms with Gasteiger partial charge in [-0.15, -0.1) is 0 Å². The molecule has 0 fully saturated rings. The Balaban J connectivity index is 2.02. The molecule has 1 unspecified atom stereocenters. The molecule has 0 aliphatic heterocycles. The average Bonchev–Trinajstić information content (AvgIpc) is 2.45. The van der Waals surface area contributed by atoms with Crippen molar-refractivity contribution < 1.29 is 9.53 Å². The summed E-state index contributed by atoms with van der Waals surface area (Å²) in [4.78, 5) is 12.1. The minimum atomic E-state index is -0.651. The largest absolute Gasteiger partial charge is 0.481 e. The lowest BCUT2D eigenvalue weighted by atomic mass is 10.2. The van der Waals surface area contributed by atoms with Crippen molar-refractivity contribution >= 4 is 34.8 Å². The first kappa shape index (κ1) is 15.7. The number of para-hydroxylation sites is 1. The van der Waals surface area contributed by atoms with Gasteiger partial charge in [0.25, 0.3) is 5.91 Å². The van der Waals surface area contributed by atoms with Gasteiger partial charge in [0.1, 0.15) is 5.75 Å². The molecule has 0 saturated heterocycles. The zero-order valence-electron chi connectivity index (χ0n) is 11.7. The van der Waals surface area contributed by atoms with Gasteiger partial charge < -0.3 is 10.1 Å². The maximum Gasteiger partial charge on any atom is 0.265 e. The van der Waals surface area contributed by atoms with E-state index in [0.29, 0.717) is 21.5 Å². The molecule has 1 atom stereocenters. The summed E-state index contributed by atoms with van der Waals surface area (Å²) in [6.45, 7) is 3.56. The van der Waals surface area contributed by atoms with E-state index in [1.807, 2.05) is 6.92 Å². The zero-order valence-corrected chi connectivity index (χ0v) is 13.2. The van der Waals surface area contributed by atoms with Crippen LogP contribution in [0.5, 0.6) is 5.75 Å². The number of hydrogen-bond donors (Lipinski definition) is 1. The fourth-order valence-corrected chi connectivity index (χ4v) is 2.05. The van der Waals surface area contributed by atoms with Crippen LogP contribution in [0.25, 0.3) is 0 Å². The van der Waals surface area contributed by atoms with Gasteiger partial charge in [0.2, 0.25) is 0 Å². The van der Waals surface area contributed by atoms with Gasteiger partial charge in [0.05, 0.1) is 10.7 Å².